The van der Waals surface area contributed by atoms with E-state index in [1.165, 1.54) is 0 Å². The first-order valence-electron chi connectivity index (χ1n) is 5.72. The first-order valence-corrected chi connectivity index (χ1v) is 5.72. The lowest BCUT2D eigenvalue weighted by molar-refractivity contribution is 0.110. The van der Waals surface area contributed by atoms with Crippen molar-refractivity contribution in [1.82, 2.24) is 9.88 Å². The quantitative estimate of drug-likeness (QED) is 0.821. The fourth-order valence-corrected chi connectivity index (χ4v) is 1.86. The highest BCUT2D eigenvalue weighted by atomic mass is 16.5. The van der Waals surface area contributed by atoms with E-state index in [2.05, 4.69) is 16.9 Å². The zero-order valence-electron chi connectivity index (χ0n) is 9.94. The predicted octanol–water partition coefficient (Wildman–Crippen LogP) is 1.45. The summed E-state index contributed by atoms with van der Waals surface area (Å²) in [4.78, 5) is 6.55. The Morgan fingerprint density at radius 3 is 2.75 bits per heavy atom. The fraction of sp³-hybridized carbons (Fsp3) is 0.583. The number of ether oxygens (including phenoxy) is 1. The Bertz CT molecular complexity index is 359. The van der Waals surface area contributed by atoms with Crippen LogP contribution in [0.15, 0.2) is 12.3 Å². The molecule has 2 N–H and O–H groups in total. The van der Waals surface area contributed by atoms with Crippen molar-refractivity contribution < 1.29 is 4.74 Å². The number of nitrogens with zero attached hydrogens (tertiary/aromatic N) is 2. The Kier molecular flexibility index (Phi) is 3.29. The molecule has 1 saturated heterocycles. The number of aromatic nitrogens is 1. The molecule has 0 unspecified atom stereocenters. The van der Waals surface area contributed by atoms with Gasteiger partial charge in [0.15, 0.2) is 0 Å². The molecule has 16 heavy (non-hydrogen) atoms. The Morgan fingerprint density at radius 2 is 2.12 bits per heavy atom. The molecular weight excluding hydrogens is 202 g/mol. The van der Waals surface area contributed by atoms with Gasteiger partial charge in [0.25, 0.3) is 0 Å². The van der Waals surface area contributed by atoms with Crippen molar-refractivity contribution in [3.63, 3.8) is 0 Å². The summed E-state index contributed by atoms with van der Waals surface area (Å²) in [6.07, 6.45) is 4.17. The predicted molar refractivity (Wildman–Crippen MR) is 64.5 cm³/mol. The van der Waals surface area contributed by atoms with Crippen molar-refractivity contribution in [2.75, 3.05) is 25.9 Å². The van der Waals surface area contributed by atoms with E-state index >= 15 is 0 Å². The average molecular weight is 221 g/mol. The van der Waals surface area contributed by atoms with E-state index < -0.39 is 0 Å². The van der Waals surface area contributed by atoms with Gasteiger partial charge in [-0.1, -0.05) is 0 Å². The first kappa shape index (κ1) is 11.2. The Labute approximate surface area is 96.4 Å². The first-order chi connectivity index (χ1) is 7.65. The Morgan fingerprint density at radius 1 is 1.44 bits per heavy atom. The standard InChI is InChI=1S/C12H19N3O/c1-9-8-14-12(7-11(9)13)16-10-3-5-15(2)6-4-10/h7-8,10H,3-6H2,1-2H3,(H2,13,14). The summed E-state index contributed by atoms with van der Waals surface area (Å²) in [7, 11) is 2.14. The molecule has 1 aliphatic heterocycles. The molecule has 2 heterocycles. The molecule has 4 nitrogen and oxygen atoms in total. The molecule has 1 fully saturated rings. The molecular formula is C12H19N3O. The van der Waals surface area contributed by atoms with E-state index in [0.29, 0.717) is 5.88 Å². The summed E-state index contributed by atoms with van der Waals surface area (Å²) in [5.74, 6) is 0.651. The molecule has 0 spiro atoms. The van der Waals surface area contributed by atoms with Gasteiger partial charge in [0.05, 0.1) is 0 Å². The van der Waals surface area contributed by atoms with Crippen molar-refractivity contribution in [3.05, 3.63) is 17.8 Å². The molecule has 1 aromatic heterocycles. The van der Waals surface area contributed by atoms with Crippen LogP contribution >= 0.6 is 0 Å². The van der Waals surface area contributed by atoms with Crippen LogP contribution in [0, 0.1) is 6.92 Å². The molecule has 0 radical (unpaired) electrons. The van der Waals surface area contributed by atoms with Crippen LogP contribution in [0.25, 0.3) is 0 Å². The average Bonchev–Trinajstić information content (AvgIpc) is 2.27. The van der Waals surface area contributed by atoms with Gasteiger partial charge in [-0.15, -0.1) is 0 Å². The monoisotopic (exact) mass is 221 g/mol. The zero-order valence-corrected chi connectivity index (χ0v) is 9.94. The molecule has 1 aliphatic rings. The Balaban J connectivity index is 1.96. The minimum absolute atomic E-state index is 0.283. The molecule has 0 aliphatic carbocycles. The number of hydrogen-bond donors (Lipinski definition) is 1. The molecule has 0 atom stereocenters. The van der Waals surface area contributed by atoms with Crippen molar-refractivity contribution in [2.45, 2.75) is 25.9 Å². The summed E-state index contributed by atoms with van der Waals surface area (Å²) in [5, 5.41) is 0. The van der Waals surface area contributed by atoms with Crippen LogP contribution in [0.1, 0.15) is 18.4 Å². The van der Waals surface area contributed by atoms with Crippen LogP contribution < -0.4 is 10.5 Å². The SMILES string of the molecule is Cc1cnc(OC2CCN(C)CC2)cc1N. The van der Waals surface area contributed by atoms with Crippen molar-refractivity contribution in [2.24, 2.45) is 0 Å². The highest BCUT2D eigenvalue weighted by Crippen LogP contribution is 2.20. The summed E-state index contributed by atoms with van der Waals surface area (Å²) >= 11 is 0. The van der Waals surface area contributed by atoms with Crippen LogP contribution in [0.5, 0.6) is 5.88 Å². The Hall–Kier alpha value is -1.29. The van der Waals surface area contributed by atoms with Gasteiger partial charge in [-0.2, -0.15) is 0 Å². The minimum Gasteiger partial charge on any atom is -0.474 e. The van der Waals surface area contributed by atoms with E-state index in [0.717, 1.165) is 37.2 Å². The summed E-state index contributed by atoms with van der Waals surface area (Å²) in [6.45, 7) is 4.12. The lowest BCUT2D eigenvalue weighted by Crippen LogP contribution is -2.35. The zero-order chi connectivity index (χ0) is 11.5. The van der Waals surface area contributed by atoms with Gasteiger partial charge in [0.1, 0.15) is 6.10 Å². The normalized spacial score (nSPS) is 18.6. The second-order valence-electron chi connectivity index (χ2n) is 4.50. The number of rotatable bonds is 2. The van der Waals surface area contributed by atoms with Gasteiger partial charge >= 0.3 is 0 Å². The van der Waals surface area contributed by atoms with E-state index in [-0.39, 0.29) is 6.10 Å². The van der Waals surface area contributed by atoms with E-state index in [4.69, 9.17) is 10.5 Å². The van der Waals surface area contributed by atoms with Crippen LogP contribution in [0.3, 0.4) is 0 Å². The van der Waals surface area contributed by atoms with Crippen LogP contribution in [-0.2, 0) is 0 Å². The van der Waals surface area contributed by atoms with Gasteiger partial charge in [0.2, 0.25) is 5.88 Å². The van der Waals surface area contributed by atoms with Gasteiger partial charge in [-0.25, -0.2) is 4.98 Å². The lowest BCUT2D eigenvalue weighted by Gasteiger charge is -2.28. The minimum atomic E-state index is 0.283. The van der Waals surface area contributed by atoms with E-state index in [9.17, 15) is 0 Å². The maximum Gasteiger partial charge on any atom is 0.215 e. The number of anilines is 1. The number of hydrogen-bond acceptors (Lipinski definition) is 4. The third kappa shape index (κ3) is 2.64. The van der Waals surface area contributed by atoms with Crippen molar-refractivity contribution in [1.29, 1.82) is 0 Å². The summed E-state index contributed by atoms with van der Waals surface area (Å²) in [5.41, 5.74) is 7.56. The number of nitrogen functional groups attached to an aromatic ring is 1. The van der Waals surface area contributed by atoms with Crippen LogP contribution in [-0.4, -0.2) is 36.1 Å². The highest BCUT2D eigenvalue weighted by Gasteiger charge is 2.18. The maximum atomic E-state index is 5.82. The summed E-state index contributed by atoms with van der Waals surface area (Å²) < 4.78 is 5.82. The topological polar surface area (TPSA) is 51.4 Å². The number of nitrogens with two attached hydrogens (primary N) is 1. The number of pyridine rings is 1. The van der Waals surface area contributed by atoms with Crippen molar-refractivity contribution >= 4 is 5.69 Å². The van der Waals surface area contributed by atoms with Gasteiger partial charge in [-0.05, 0) is 32.4 Å². The van der Waals surface area contributed by atoms with Gasteiger partial charge < -0.3 is 15.4 Å². The van der Waals surface area contributed by atoms with Gasteiger partial charge in [-0.3, -0.25) is 0 Å². The molecule has 0 saturated carbocycles. The number of aryl methyl sites for hydroxylation is 1. The molecule has 4 heteroatoms. The molecule has 0 bridgehead atoms. The second-order valence-corrected chi connectivity index (χ2v) is 4.50. The van der Waals surface area contributed by atoms with Crippen molar-refractivity contribution in [3.8, 4) is 5.88 Å². The maximum absolute atomic E-state index is 5.82. The smallest absolute Gasteiger partial charge is 0.215 e. The van der Waals surface area contributed by atoms with E-state index in [1.807, 2.05) is 13.0 Å². The third-order valence-corrected chi connectivity index (χ3v) is 3.07. The van der Waals surface area contributed by atoms with Crippen LogP contribution in [0.2, 0.25) is 0 Å². The number of piperidine rings is 1. The fourth-order valence-electron chi connectivity index (χ4n) is 1.86. The molecule has 88 valence electrons. The molecule has 0 amide bonds. The molecule has 2 rings (SSSR count). The second kappa shape index (κ2) is 4.70. The van der Waals surface area contributed by atoms with E-state index in [1.54, 1.807) is 6.20 Å². The molecule has 0 aromatic carbocycles. The third-order valence-electron chi connectivity index (χ3n) is 3.07. The molecule has 1 aromatic rings. The lowest BCUT2D eigenvalue weighted by atomic mass is 10.1. The van der Waals surface area contributed by atoms with Gasteiger partial charge in [0, 0.05) is 31.0 Å². The number of likely N-dealkylation sites (tertiary alicyclic amines) is 1. The summed E-state index contributed by atoms with van der Waals surface area (Å²) in [6, 6.07) is 1.81. The highest BCUT2D eigenvalue weighted by molar-refractivity contribution is 5.47. The largest absolute Gasteiger partial charge is 0.474 e. The van der Waals surface area contributed by atoms with Crippen LogP contribution in [0.4, 0.5) is 5.69 Å².